The number of hydrogen-bond donors (Lipinski definition) is 2. The van der Waals surface area contributed by atoms with E-state index in [0.717, 1.165) is 12.8 Å². The number of benzene rings is 1. The molecule has 0 aromatic heterocycles. The van der Waals surface area contributed by atoms with Gasteiger partial charge in [-0.1, -0.05) is 30.3 Å². The van der Waals surface area contributed by atoms with Gasteiger partial charge in [0.15, 0.2) is 0 Å². The first-order valence-corrected chi connectivity index (χ1v) is 7.12. The molecule has 2 atom stereocenters. The molecule has 0 bridgehead atoms. The van der Waals surface area contributed by atoms with Crippen LogP contribution in [0.2, 0.25) is 0 Å². The summed E-state index contributed by atoms with van der Waals surface area (Å²) in [5.74, 6) is -0.347. The molecule has 0 heterocycles. The molecule has 0 aliphatic rings. The lowest BCUT2D eigenvalue weighted by molar-refractivity contribution is -0.125. The average Bonchev–Trinajstić information content (AvgIpc) is 2.44. The van der Waals surface area contributed by atoms with Crippen molar-refractivity contribution >= 4 is 5.91 Å². The van der Waals surface area contributed by atoms with Crippen molar-refractivity contribution in [1.82, 2.24) is 5.32 Å². The molecular weight excluding hydrogens is 252 g/mol. The number of rotatable bonds is 9. The molecular formula is C16H26N2O2. The van der Waals surface area contributed by atoms with Crippen molar-refractivity contribution in [2.45, 2.75) is 44.8 Å². The van der Waals surface area contributed by atoms with Gasteiger partial charge in [0.2, 0.25) is 5.91 Å². The molecule has 20 heavy (non-hydrogen) atoms. The Kier molecular flexibility index (Phi) is 6.68. The number of primary amides is 1. The SMILES string of the molecule is CNC(C)(CC(C)OCCCc1ccccc1)C(N)=O. The molecule has 2 unspecified atom stereocenters. The third kappa shape index (κ3) is 5.31. The van der Waals surface area contributed by atoms with Crippen LogP contribution in [0.3, 0.4) is 0 Å². The topological polar surface area (TPSA) is 64.3 Å². The summed E-state index contributed by atoms with van der Waals surface area (Å²) in [7, 11) is 1.74. The van der Waals surface area contributed by atoms with Gasteiger partial charge in [-0.15, -0.1) is 0 Å². The van der Waals surface area contributed by atoms with Gasteiger partial charge in [-0.2, -0.15) is 0 Å². The first kappa shape index (κ1) is 16.7. The highest BCUT2D eigenvalue weighted by Crippen LogP contribution is 2.14. The van der Waals surface area contributed by atoms with Crippen LogP contribution >= 0.6 is 0 Å². The minimum atomic E-state index is -0.709. The van der Waals surface area contributed by atoms with E-state index in [1.54, 1.807) is 14.0 Å². The van der Waals surface area contributed by atoms with Gasteiger partial charge in [-0.25, -0.2) is 0 Å². The number of nitrogens with two attached hydrogens (primary N) is 1. The Balaban J connectivity index is 2.26. The summed E-state index contributed by atoms with van der Waals surface area (Å²) in [4.78, 5) is 11.4. The van der Waals surface area contributed by atoms with Gasteiger partial charge in [0.1, 0.15) is 0 Å². The summed E-state index contributed by atoms with van der Waals surface area (Å²) in [6.07, 6.45) is 2.55. The van der Waals surface area contributed by atoms with Gasteiger partial charge >= 0.3 is 0 Å². The molecule has 0 spiro atoms. The van der Waals surface area contributed by atoms with Gasteiger partial charge in [0.25, 0.3) is 0 Å². The van der Waals surface area contributed by atoms with Gasteiger partial charge in [-0.3, -0.25) is 4.79 Å². The van der Waals surface area contributed by atoms with E-state index in [9.17, 15) is 4.79 Å². The first-order valence-electron chi connectivity index (χ1n) is 7.12. The Morgan fingerprint density at radius 2 is 2.05 bits per heavy atom. The Hall–Kier alpha value is -1.39. The number of nitrogens with one attached hydrogen (secondary N) is 1. The van der Waals surface area contributed by atoms with E-state index < -0.39 is 5.54 Å². The molecule has 0 saturated heterocycles. The van der Waals surface area contributed by atoms with Crippen molar-refractivity contribution < 1.29 is 9.53 Å². The molecule has 1 rings (SSSR count). The number of ether oxygens (including phenoxy) is 1. The van der Waals surface area contributed by atoms with E-state index in [2.05, 4.69) is 17.4 Å². The molecule has 0 aliphatic heterocycles. The molecule has 4 heteroatoms. The summed E-state index contributed by atoms with van der Waals surface area (Å²) in [5, 5.41) is 2.97. The second-order valence-electron chi connectivity index (χ2n) is 5.42. The van der Waals surface area contributed by atoms with Crippen molar-refractivity contribution in [3.63, 3.8) is 0 Å². The quantitative estimate of drug-likeness (QED) is 0.678. The Labute approximate surface area is 121 Å². The van der Waals surface area contributed by atoms with Crippen molar-refractivity contribution in [1.29, 1.82) is 0 Å². The fourth-order valence-electron chi connectivity index (χ4n) is 2.17. The predicted octanol–water partition coefficient (Wildman–Crippen LogP) is 1.88. The largest absolute Gasteiger partial charge is 0.378 e. The maximum absolute atomic E-state index is 11.4. The zero-order chi connectivity index (χ0) is 15.0. The van der Waals surface area contributed by atoms with Crippen LogP contribution in [-0.2, 0) is 16.0 Å². The van der Waals surface area contributed by atoms with Crippen molar-refractivity contribution in [3.05, 3.63) is 35.9 Å². The van der Waals surface area contributed by atoms with E-state index in [1.807, 2.05) is 25.1 Å². The third-order valence-electron chi connectivity index (χ3n) is 3.65. The van der Waals surface area contributed by atoms with E-state index in [-0.39, 0.29) is 12.0 Å². The van der Waals surface area contributed by atoms with E-state index in [0.29, 0.717) is 13.0 Å². The maximum atomic E-state index is 11.4. The Morgan fingerprint density at radius 1 is 1.40 bits per heavy atom. The molecule has 0 fully saturated rings. The molecule has 1 aromatic rings. The van der Waals surface area contributed by atoms with E-state index >= 15 is 0 Å². The zero-order valence-corrected chi connectivity index (χ0v) is 12.7. The lowest BCUT2D eigenvalue weighted by Gasteiger charge is -2.28. The second kappa shape index (κ2) is 8.02. The average molecular weight is 278 g/mol. The number of aryl methyl sites for hydroxylation is 1. The fraction of sp³-hybridized carbons (Fsp3) is 0.562. The highest BCUT2D eigenvalue weighted by Gasteiger charge is 2.31. The van der Waals surface area contributed by atoms with Crippen LogP contribution in [-0.4, -0.2) is 31.2 Å². The van der Waals surface area contributed by atoms with Crippen LogP contribution in [0, 0.1) is 0 Å². The maximum Gasteiger partial charge on any atom is 0.237 e. The summed E-state index contributed by atoms with van der Waals surface area (Å²) in [6.45, 7) is 4.47. The van der Waals surface area contributed by atoms with Gasteiger partial charge < -0.3 is 15.8 Å². The lowest BCUT2D eigenvalue weighted by atomic mass is 9.94. The highest BCUT2D eigenvalue weighted by atomic mass is 16.5. The molecule has 0 saturated carbocycles. The fourth-order valence-corrected chi connectivity index (χ4v) is 2.17. The van der Waals surface area contributed by atoms with Crippen LogP contribution in [0.5, 0.6) is 0 Å². The first-order chi connectivity index (χ1) is 9.48. The van der Waals surface area contributed by atoms with Crippen molar-refractivity contribution in [2.24, 2.45) is 5.73 Å². The predicted molar refractivity (Wildman–Crippen MR) is 81.5 cm³/mol. The molecule has 112 valence electrons. The highest BCUT2D eigenvalue weighted by molar-refractivity contribution is 5.84. The standard InChI is InChI=1S/C16H26N2O2/c1-13(12-16(2,18-3)15(17)19)20-11-7-10-14-8-5-4-6-9-14/h4-6,8-9,13,18H,7,10-12H2,1-3H3,(H2,17,19). The summed E-state index contributed by atoms with van der Waals surface area (Å²) < 4.78 is 5.76. The molecule has 1 aromatic carbocycles. The van der Waals surface area contributed by atoms with Gasteiger partial charge in [0, 0.05) is 13.0 Å². The van der Waals surface area contributed by atoms with E-state index in [1.165, 1.54) is 5.56 Å². The Bertz CT molecular complexity index is 408. The van der Waals surface area contributed by atoms with Crippen LogP contribution < -0.4 is 11.1 Å². The van der Waals surface area contributed by atoms with Crippen LogP contribution in [0.15, 0.2) is 30.3 Å². The minimum absolute atomic E-state index is 0.00396. The second-order valence-corrected chi connectivity index (χ2v) is 5.42. The van der Waals surface area contributed by atoms with Crippen LogP contribution in [0.1, 0.15) is 32.3 Å². The van der Waals surface area contributed by atoms with Crippen molar-refractivity contribution in [3.8, 4) is 0 Å². The molecule has 1 amide bonds. The monoisotopic (exact) mass is 278 g/mol. The van der Waals surface area contributed by atoms with Crippen molar-refractivity contribution in [2.75, 3.05) is 13.7 Å². The Morgan fingerprint density at radius 3 is 2.60 bits per heavy atom. The summed E-state index contributed by atoms with van der Waals surface area (Å²) in [6, 6.07) is 10.3. The zero-order valence-electron chi connectivity index (χ0n) is 12.7. The number of carbonyl (C=O) groups excluding carboxylic acids is 1. The smallest absolute Gasteiger partial charge is 0.237 e. The van der Waals surface area contributed by atoms with Gasteiger partial charge in [-0.05, 0) is 39.3 Å². The molecule has 0 radical (unpaired) electrons. The normalized spacial score (nSPS) is 15.6. The van der Waals surface area contributed by atoms with Crippen LogP contribution in [0.25, 0.3) is 0 Å². The van der Waals surface area contributed by atoms with Crippen LogP contribution in [0.4, 0.5) is 0 Å². The minimum Gasteiger partial charge on any atom is -0.378 e. The number of likely N-dealkylation sites (N-methyl/N-ethyl adjacent to an activating group) is 1. The van der Waals surface area contributed by atoms with Gasteiger partial charge in [0.05, 0.1) is 11.6 Å². The molecule has 4 nitrogen and oxygen atoms in total. The molecule has 0 aliphatic carbocycles. The summed E-state index contributed by atoms with van der Waals surface area (Å²) in [5.41, 5.74) is 6.01. The number of hydrogen-bond acceptors (Lipinski definition) is 3. The third-order valence-corrected chi connectivity index (χ3v) is 3.65. The number of amides is 1. The number of carbonyl (C=O) groups is 1. The molecule has 3 N–H and O–H groups in total. The lowest BCUT2D eigenvalue weighted by Crippen LogP contribution is -2.53. The van der Waals surface area contributed by atoms with E-state index in [4.69, 9.17) is 10.5 Å². The summed E-state index contributed by atoms with van der Waals surface area (Å²) >= 11 is 0.